The van der Waals surface area contributed by atoms with Gasteiger partial charge in [-0.05, 0) is 30.4 Å². The summed E-state index contributed by atoms with van der Waals surface area (Å²) in [7, 11) is 0. The first kappa shape index (κ1) is 20.1. The van der Waals surface area contributed by atoms with Gasteiger partial charge < -0.3 is 31.8 Å². The molecule has 148 valence electrons. The smallest absolute Gasteiger partial charge is 0.229 e. The largest absolute Gasteiger partial charge is 1.00 e. The highest BCUT2D eigenvalue weighted by Crippen LogP contribution is 2.46. The third-order valence-electron chi connectivity index (χ3n) is 5.77. The van der Waals surface area contributed by atoms with E-state index in [4.69, 9.17) is 9.47 Å². The molecule has 6 nitrogen and oxygen atoms in total. The first-order valence-corrected chi connectivity index (χ1v) is 9.58. The van der Waals surface area contributed by atoms with Crippen LogP contribution in [0.1, 0.15) is 38.5 Å². The number of hydrogen-bond acceptors (Lipinski definition) is 5. The van der Waals surface area contributed by atoms with Crippen LogP contribution >= 0.6 is 0 Å². The van der Waals surface area contributed by atoms with Crippen LogP contribution < -0.4 is 31.8 Å². The van der Waals surface area contributed by atoms with Crippen molar-refractivity contribution in [1.29, 1.82) is 0 Å². The molecule has 2 fully saturated rings. The molecule has 4 rings (SSSR count). The average molecular weight is 438 g/mol. The summed E-state index contributed by atoms with van der Waals surface area (Å²) in [5.74, 6) is 1.52. The number of nitrogens with one attached hydrogen (secondary N) is 1. The van der Waals surface area contributed by atoms with Crippen molar-refractivity contribution in [3.8, 4) is 11.5 Å². The summed E-state index contributed by atoms with van der Waals surface area (Å²) in [5.41, 5.74) is -0.0290. The van der Waals surface area contributed by atoms with Crippen molar-refractivity contribution in [1.82, 2.24) is 10.2 Å². The summed E-state index contributed by atoms with van der Waals surface area (Å²) < 4.78 is 11.6. The lowest BCUT2D eigenvalue weighted by Crippen LogP contribution is -3.00. The summed E-state index contributed by atoms with van der Waals surface area (Å²) in [6, 6.07) is 7.63. The van der Waals surface area contributed by atoms with Crippen LogP contribution in [0.5, 0.6) is 11.5 Å². The Kier molecular flexibility index (Phi) is 6.42. The quantitative estimate of drug-likeness (QED) is 0.479. The Hall–Kier alpha value is -1.60. The Bertz CT molecular complexity index is 670. The van der Waals surface area contributed by atoms with Gasteiger partial charge in [-0.1, -0.05) is 25.0 Å². The lowest BCUT2D eigenvalue weighted by atomic mass is 9.76. The van der Waals surface area contributed by atoms with E-state index in [-0.39, 0.29) is 40.3 Å². The maximum Gasteiger partial charge on any atom is 0.229 e. The number of para-hydroxylation sites is 2. The lowest BCUT2D eigenvalue weighted by molar-refractivity contribution is -0.153. The average Bonchev–Trinajstić information content (AvgIpc) is 3.07. The Morgan fingerprint density at radius 3 is 2.44 bits per heavy atom. The maximum atomic E-state index is 12.4. The molecule has 7 heteroatoms. The number of carbonyl (C=O) groups is 2. The fourth-order valence-corrected chi connectivity index (χ4v) is 4.38. The highest BCUT2D eigenvalue weighted by molar-refractivity contribution is 5.98. The molecule has 2 amide bonds. The lowest BCUT2D eigenvalue weighted by Gasteiger charge is -2.37. The third kappa shape index (κ3) is 4.46. The van der Waals surface area contributed by atoms with Crippen LogP contribution in [0, 0.1) is 5.41 Å². The Balaban J connectivity index is 0.00000210. The summed E-state index contributed by atoms with van der Waals surface area (Å²) in [6.45, 7) is 2.12. The van der Waals surface area contributed by atoms with Gasteiger partial charge in [-0.2, -0.15) is 0 Å². The fourth-order valence-electron chi connectivity index (χ4n) is 4.38. The molecular formula is C20H26BrN2O4-. The topological polar surface area (TPSA) is 67.9 Å². The van der Waals surface area contributed by atoms with Crippen LogP contribution in [0.25, 0.3) is 0 Å². The first-order chi connectivity index (χ1) is 12.7. The van der Waals surface area contributed by atoms with Crippen molar-refractivity contribution < 1.29 is 36.0 Å². The zero-order valence-electron chi connectivity index (χ0n) is 15.4. The van der Waals surface area contributed by atoms with E-state index in [0.717, 1.165) is 37.2 Å². The summed E-state index contributed by atoms with van der Waals surface area (Å²) in [6.07, 6.45) is 5.35. The van der Waals surface area contributed by atoms with Crippen LogP contribution in [0.3, 0.4) is 0 Å². The van der Waals surface area contributed by atoms with E-state index in [1.807, 2.05) is 24.3 Å². The van der Waals surface area contributed by atoms with Crippen molar-refractivity contribution in [2.24, 2.45) is 5.41 Å². The van der Waals surface area contributed by atoms with E-state index in [0.29, 0.717) is 39.1 Å². The van der Waals surface area contributed by atoms with Crippen LogP contribution in [-0.2, 0) is 9.59 Å². The minimum Gasteiger partial charge on any atom is -1.00 e. The normalized spacial score (nSPS) is 23.4. The van der Waals surface area contributed by atoms with Gasteiger partial charge in [-0.15, -0.1) is 0 Å². The molecule has 27 heavy (non-hydrogen) atoms. The number of nitrogens with zero attached hydrogens (tertiary/aromatic N) is 1. The molecule has 0 radical (unpaired) electrons. The molecule has 2 heterocycles. The molecule has 1 atom stereocenters. The van der Waals surface area contributed by atoms with Crippen molar-refractivity contribution >= 4 is 11.8 Å². The number of rotatable bonds is 5. The Morgan fingerprint density at radius 1 is 1.07 bits per heavy atom. The molecule has 1 N–H and O–H groups in total. The second-order valence-electron chi connectivity index (χ2n) is 7.70. The monoisotopic (exact) mass is 437 g/mol. The van der Waals surface area contributed by atoms with Crippen LogP contribution in [0.15, 0.2) is 24.3 Å². The van der Waals surface area contributed by atoms with Crippen molar-refractivity contribution in [3.05, 3.63) is 24.3 Å². The predicted molar refractivity (Wildman–Crippen MR) is 96.1 cm³/mol. The molecule has 1 saturated heterocycles. The van der Waals surface area contributed by atoms with Crippen molar-refractivity contribution in [2.45, 2.75) is 44.6 Å². The molecule has 0 aromatic heterocycles. The third-order valence-corrected chi connectivity index (χ3v) is 5.77. The molecule has 1 saturated carbocycles. The van der Waals surface area contributed by atoms with Gasteiger partial charge >= 0.3 is 0 Å². The standard InChI is InChI=1S/C20H26N2O4.BrH/c23-18-11-20(7-3-4-8-20)12-19(24)22(18)10-9-21-13-15-14-25-16-5-1-2-6-17(16)26-15;/h1-2,5-6,15,21H,3-4,7-14H2;1H/p-1. The van der Waals surface area contributed by atoms with Gasteiger partial charge in [0, 0.05) is 32.5 Å². The van der Waals surface area contributed by atoms with Gasteiger partial charge in [0.25, 0.3) is 0 Å². The zero-order valence-corrected chi connectivity index (χ0v) is 17.0. The van der Waals surface area contributed by atoms with E-state index in [1.54, 1.807) is 0 Å². The number of likely N-dealkylation sites (tertiary alicyclic amines) is 1. The molecule has 1 spiro atoms. The number of halogens is 1. The Morgan fingerprint density at radius 2 is 1.74 bits per heavy atom. The van der Waals surface area contributed by atoms with Crippen molar-refractivity contribution in [2.75, 3.05) is 26.2 Å². The first-order valence-electron chi connectivity index (χ1n) is 9.58. The fraction of sp³-hybridized carbons (Fsp3) is 0.600. The van der Waals surface area contributed by atoms with E-state index >= 15 is 0 Å². The van der Waals surface area contributed by atoms with E-state index < -0.39 is 0 Å². The number of ether oxygens (including phenoxy) is 2. The molecular weight excluding hydrogens is 412 g/mol. The molecule has 1 aromatic carbocycles. The number of carbonyl (C=O) groups excluding carboxylic acids is 2. The van der Waals surface area contributed by atoms with Crippen molar-refractivity contribution in [3.63, 3.8) is 0 Å². The van der Waals surface area contributed by atoms with Gasteiger partial charge in [0.15, 0.2) is 11.5 Å². The summed E-state index contributed by atoms with van der Waals surface area (Å²) >= 11 is 0. The number of benzene rings is 1. The summed E-state index contributed by atoms with van der Waals surface area (Å²) in [4.78, 5) is 26.3. The molecule has 0 bridgehead atoms. The second kappa shape index (κ2) is 8.61. The predicted octanol–water partition coefficient (Wildman–Crippen LogP) is -0.871. The Labute approximate surface area is 170 Å². The molecule has 2 aliphatic heterocycles. The SMILES string of the molecule is O=C1CC2(CCCC2)CC(=O)N1CCNCC1COc2ccccc2O1.[Br-]. The molecule has 1 aromatic rings. The molecule has 1 unspecified atom stereocenters. The number of amides is 2. The van der Waals surface area contributed by atoms with Crippen LogP contribution in [0.4, 0.5) is 0 Å². The number of hydrogen-bond donors (Lipinski definition) is 1. The van der Waals surface area contributed by atoms with Crippen LogP contribution in [0.2, 0.25) is 0 Å². The van der Waals surface area contributed by atoms with Crippen LogP contribution in [-0.4, -0.2) is 49.1 Å². The van der Waals surface area contributed by atoms with E-state index in [9.17, 15) is 9.59 Å². The second-order valence-corrected chi connectivity index (χ2v) is 7.70. The highest BCUT2D eigenvalue weighted by atomic mass is 79.9. The molecule has 1 aliphatic carbocycles. The molecule has 3 aliphatic rings. The van der Waals surface area contributed by atoms with Gasteiger partial charge in [0.1, 0.15) is 12.7 Å². The minimum atomic E-state index is -0.0700. The van der Waals surface area contributed by atoms with Gasteiger partial charge in [-0.3, -0.25) is 14.5 Å². The van der Waals surface area contributed by atoms with Gasteiger partial charge in [0.2, 0.25) is 11.8 Å². The van der Waals surface area contributed by atoms with Gasteiger partial charge in [-0.25, -0.2) is 0 Å². The maximum absolute atomic E-state index is 12.4. The number of imide groups is 1. The zero-order chi connectivity index (χ0) is 18.0. The minimum absolute atomic E-state index is 0. The van der Waals surface area contributed by atoms with Gasteiger partial charge in [0.05, 0.1) is 0 Å². The van der Waals surface area contributed by atoms with E-state index in [2.05, 4.69) is 5.32 Å². The number of fused-ring (bicyclic) bond motifs is 1. The highest BCUT2D eigenvalue weighted by Gasteiger charge is 2.44. The summed E-state index contributed by atoms with van der Waals surface area (Å²) in [5, 5.41) is 3.28. The number of piperidine rings is 1. The van der Waals surface area contributed by atoms with E-state index in [1.165, 1.54) is 4.90 Å².